The van der Waals surface area contributed by atoms with E-state index >= 15 is 0 Å². The van der Waals surface area contributed by atoms with Gasteiger partial charge in [-0.1, -0.05) is 0 Å². The number of aliphatic hydroxyl groups is 1. The topological polar surface area (TPSA) is 69.6 Å². The van der Waals surface area contributed by atoms with E-state index in [0.29, 0.717) is 25.9 Å². The first-order valence-electron chi connectivity index (χ1n) is 3.83. The molecule has 1 aliphatic heterocycles. The summed E-state index contributed by atoms with van der Waals surface area (Å²) >= 11 is 0. The van der Waals surface area contributed by atoms with Crippen LogP contribution < -0.4 is 5.32 Å². The fourth-order valence-electron chi connectivity index (χ4n) is 1.31. The van der Waals surface area contributed by atoms with E-state index < -0.39 is 18.0 Å². The Balaban J connectivity index is 2.52. The first-order chi connectivity index (χ1) is 5.22. The maximum absolute atomic E-state index is 10.5. The van der Waals surface area contributed by atoms with Crippen molar-refractivity contribution in [1.29, 1.82) is 0 Å². The van der Waals surface area contributed by atoms with Gasteiger partial charge in [0.1, 0.15) is 0 Å². The highest BCUT2D eigenvalue weighted by molar-refractivity contribution is 5.70. The Morgan fingerprint density at radius 1 is 1.36 bits per heavy atom. The third-order valence-corrected chi connectivity index (χ3v) is 2.03. The van der Waals surface area contributed by atoms with E-state index in [1.807, 2.05) is 0 Å². The van der Waals surface area contributed by atoms with Crippen molar-refractivity contribution in [2.75, 3.05) is 13.1 Å². The van der Waals surface area contributed by atoms with Crippen molar-refractivity contribution in [2.24, 2.45) is 5.92 Å². The summed E-state index contributed by atoms with van der Waals surface area (Å²) in [6.45, 7) is 1.40. The fraction of sp³-hybridized carbons (Fsp3) is 0.857. The monoisotopic (exact) mass is 159 g/mol. The molecular weight excluding hydrogens is 146 g/mol. The van der Waals surface area contributed by atoms with E-state index in [2.05, 4.69) is 5.32 Å². The molecule has 0 unspecified atom stereocenters. The van der Waals surface area contributed by atoms with Gasteiger partial charge in [-0.15, -0.1) is 0 Å². The summed E-state index contributed by atoms with van der Waals surface area (Å²) in [5, 5.41) is 21.0. The Kier molecular flexibility index (Phi) is 2.84. The molecule has 1 fully saturated rings. The minimum atomic E-state index is -0.888. The van der Waals surface area contributed by atoms with Crippen LogP contribution in [0.5, 0.6) is 0 Å². The highest BCUT2D eigenvalue weighted by atomic mass is 16.4. The van der Waals surface area contributed by atoms with Gasteiger partial charge in [-0.25, -0.2) is 0 Å². The summed E-state index contributed by atoms with van der Waals surface area (Å²) in [4.78, 5) is 10.5. The molecule has 4 heteroatoms. The van der Waals surface area contributed by atoms with Crippen LogP contribution in [0.25, 0.3) is 0 Å². The zero-order chi connectivity index (χ0) is 8.27. The Labute approximate surface area is 65.2 Å². The van der Waals surface area contributed by atoms with Gasteiger partial charge in [0.25, 0.3) is 0 Å². The maximum Gasteiger partial charge on any atom is 0.309 e. The molecule has 0 spiro atoms. The zero-order valence-electron chi connectivity index (χ0n) is 6.29. The Morgan fingerprint density at radius 2 is 2.00 bits per heavy atom. The lowest BCUT2D eigenvalue weighted by Gasteiger charge is -2.13. The molecule has 2 atom stereocenters. The SMILES string of the molecule is O=C(O)[C@H]1CCNCC[C@@H]1O. The standard InChI is InChI=1S/C7H13NO3/c9-6-2-4-8-3-1-5(6)7(10)11/h5-6,8-9H,1-4H2,(H,10,11)/t5-,6-/m0/s1. The third-order valence-electron chi connectivity index (χ3n) is 2.03. The quantitative estimate of drug-likeness (QED) is 0.479. The third kappa shape index (κ3) is 2.17. The molecular formula is C7H13NO3. The van der Waals surface area contributed by atoms with E-state index in [1.54, 1.807) is 0 Å². The highest BCUT2D eigenvalue weighted by Crippen LogP contribution is 2.14. The minimum Gasteiger partial charge on any atom is -0.481 e. The second-order valence-electron chi connectivity index (χ2n) is 2.84. The molecule has 0 aromatic rings. The predicted molar refractivity (Wildman–Crippen MR) is 39.2 cm³/mol. The van der Waals surface area contributed by atoms with Crippen LogP contribution in [-0.2, 0) is 4.79 Å². The second-order valence-corrected chi connectivity index (χ2v) is 2.84. The van der Waals surface area contributed by atoms with Gasteiger partial charge in [0.05, 0.1) is 12.0 Å². The molecule has 0 radical (unpaired) electrons. The summed E-state index contributed by atoms with van der Waals surface area (Å²) in [6.07, 6.45) is 0.385. The van der Waals surface area contributed by atoms with E-state index in [-0.39, 0.29) is 0 Å². The lowest BCUT2D eigenvalue weighted by atomic mass is 9.98. The molecule has 1 aliphatic rings. The van der Waals surface area contributed by atoms with Gasteiger partial charge in [0.15, 0.2) is 0 Å². The van der Waals surface area contributed by atoms with Crippen LogP contribution >= 0.6 is 0 Å². The molecule has 0 saturated carbocycles. The molecule has 0 aliphatic carbocycles. The summed E-state index contributed by atoms with van der Waals surface area (Å²) in [6, 6.07) is 0. The minimum absolute atomic E-state index is 0.524. The van der Waals surface area contributed by atoms with Crippen LogP contribution in [0.1, 0.15) is 12.8 Å². The normalized spacial score (nSPS) is 32.8. The number of carboxylic acid groups (broad SMARTS) is 1. The lowest BCUT2D eigenvalue weighted by molar-refractivity contribution is -0.145. The molecule has 0 amide bonds. The van der Waals surface area contributed by atoms with Crippen molar-refractivity contribution in [3.8, 4) is 0 Å². The summed E-state index contributed by atoms with van der Waals surface area (Å²) in [5.41, 5.74) is 0. The van der Waals surface area contributed by atoms with Crippen molar-refractivity contribution in [3.63, 3.8) is 0 Å². The van der Waals surface area contributed by atoms with Gasteiger partial charge in [0.2, 0.25) is 0 Å². The first kappa shape index (κ1) is 8.49. The van der Waals surface area contributed by atoms with Gasteiger partial charge in [0, 0.05) is 0 Å². The molecule has 3 N–H and O–H groups in total. The Bertz CT molecular complexity index is 149. The summed E-state index contributed by atoms with van der Waals surface area (Å²) < 4.78 is 0. The lowest BCUT2D eigenvalue weighted by Crippen LogP contribution is -2.27. The van der Waals surface area contributed by atoms with Crippen LogP contribution in [0.2, 0.25) is 0 Å². The van der Waals surface area contributed by atoms with Crippen molar-refractivity contribution in [1.82, 2.24) is 5.32 Å². The Hall–Kier alpha value is -0.610. The molecule has 1 rings (SSSR count). The number of nitrogens with one attached hydrogen (secondary N) is 1. The second kappa shape index (κ2) is 3.69. The number of hydrogen-bond acceptors (Lipinski definition) is 3. The molecule has 4 nitrogen and oxygen atoms in total. The van der Waals surface area contributed by atoms with Crippen molar-refractivity contribution < 1.29 is 15.0 Å². The smallest absolute Gasteiger partial charge is 0.309 e. The number of carbonyl (C=O) groups is 1. The van der Waals surface area contributed by atoms with E-state index in [9.17, 15) is 9.90 Å². The largest absolute Gasteiger partial charge is 0.481 e. The van der Waals surface area contributed by atoms with Crippen LogP contribution in [0.3, 0.4) is 0 Å². The number of aliphatic hydroxyl groups excluding tert-OH is 1. The van der Waals surface area contributed by atoms with E-state index in [1.165, 1.54) is 0 Å². The number of aliphatic carboxylic acids is 1. The van der Waals surface area contributed by atoms with Crippen molar-refractivity contribution in [3.05, 3.63) is 0 Å². The molecule has 64 valence electrons. The summed E-state index contributed by atoms with van der Waals surface area (Å²) in [7, 11) is 0. The number of carboxylic acids is 1. The highest BCUT2D eigenvalue weighted by Gasteiger charge is 2.27. The van der Waals surface area contributed by atoms with Gasteiger partial charge in [-0.3, -0.25) is 4.79 Å². The van der Waals surface area contributed by atoms with Gasteiger partial charge in [-0.2, -0.15) is 0 Å². The molecule has 1 heterocycles. The van der Waals surface area contributed by atoms with Crippen molar-refractivity contribution >= 4 is 5.97 Å². The average molecular weight is 159 g/mol. The van der Waals surface area contributed by atoms with Gasteiger partial charge in [-0.05, 0) is 25.9 Å². The van der Waals surface area contributed by atoms with Crippen LogP contribution in [0.15, 0.2) is 0 Å². The first-order valence-corrected chi connectivity index (χ1v) is 3.83. The zero-order valence-corrected chi connectivity index (χ0v) is 6.29. The van der Waals surface area contributed by atoms with Crippen LogP contribution in [0, 0.1) is 5.92 Å². The van der Waals surface area contributed by atoms with Gasteiger partial charge >= 0.3 is 5.97 Å². The molecule has 0 aromatic heterocycles. The van der Waals surface area contributed by atoms with E-state index in [4.69, 9.17) is 5.11 Å². The Morgan fingerprint density at radius 3 is 2.64 bits per heavy atom. The fourth-order valence-corrected chi connectivity index (χ4v) is 1.31. The van der Waals surface area contributed by atoms with Gasteiger partial charge < -0.3 is 15.5 Å². The predicted octanol–water partition coefficient (Wildman–Crippen LogP) is -0.569. The molecule has 11 heavy (non-hydrogen) atoms. The number of hydrogen-bond donors (Lipinski definition) is 3. The van der Waals surface area contributed by atoms with Crippen LogP contribution in [0.4, 0.5) is 0 Å². The molecule has 1 saturated heterocycles. The molecule has 0 aromatic carbocycles. The maximum atomic E-state index is 10.5. The number of rotatable bonds is 1. The molecule has 0 bridgehead atoms. The van der Waals surface area contributed by atoms with Crippen molar-refractivity contribution in [2.45, 2.75) is 18.9 Å². The summed E-state index contributed by atoms with van der Waals surface area (Å²) in [5.74, 6) is -1.47. The average Bonchev–Trinajstić information content (AvgIpc) is 2.13. The van der Waals surface area contributed by atoms with E-state index in [0.717, 1.165) is 0 Å². The van der Waals surface area contributed by atoms with Crippen LogP contribution in [-0.4, -0.2) is 35.4 Å².